The van der Waals surface area contributed by atoms with Gasteiger partial charge in [0.2, 0.25) is 15.9 Å². The van der Waals surface area contributed by atoms with Crippen LogP contribution in [0.2, 0.25) is 0 Å². The van der Waals surface area contributed by atoms with Crippen LogP contribution in [0.1, 0.15) is 36.8 Å². The fraction of sp³-hybridized carbons (Fsp3) is 0.611. The summed E-state index contributed by atoms with van der Waals surface area (Å²) in [5.74, 6) is 0.408. The molecule has 3 rings (SSSR count). The van der Waals surface area contributed by atoms with Gasteiger partial charge in [-0.2, -0.15) is 4.31 Å². The molecule has 138 valence electrons. The lowest BCUT2D eigenvalue weighted by atomic mass is 9.99. The van der Waals surface area contributed by atoms with Gasteiger partial charge in [-0.05, 0) is 62.8 Å². The van der Waals surface area contributed by atoms with Crippen LogP contribution in [0.15, 0.2) is 17.0 Å². The van der Waals surface area contributed by atoms with Crippen LogP contribution in [0.5, 0.6) is 5.75 Å². The van der Waals surface area contributed by atoms with Crippen LogP contribution >= 0.6 is 0 Å². The first-order chi connectivity index (χ1) is 11.8. The number of benzene rings is 1. The molecule has 6 nitrogen and oxygen atoms in total. The summed E-state index contributed by atoms with van der Waals surface area (Å²) in [7, 11) is -2.05. The van der Waals surface area contributed by atoms with E-state index in [0.29, 0.717) is 35.2 Å². The van der Waals surface area contributed by atoms with Crippen molar-refractivity contribution in [3.05, 3.63) is 23.3 Å². The van der Waals surface area contributed by atoms with Crippen molar-refractivity contribution in [2.24, 2.45) is 5.92 Å². The minimum Gasteiger partial charge on any atom is -0.496 e. The van der Waals surface area contributed by atoms with Crippen LogP contribution in [-0.4, -0.2) is 44.9 Å². The van der Waals surface area contributed by atoms with Crippen LogP contribution in [0, 0.1) is 19.8 Å². The number of nitrogens with one attached hydrogen (secondary N) is 1. The van der Waals surface area contributed by atoms with E-state index in [1.807, 2.05) is 6.92 Å². The first-order valence-corrected chi connectivity index (χ1v) is 10.2. The van der Waals surface area contributed by atoms with Crippen LogP contribution in [0.25, 0.3) is 0 Å². The van der Waals surface area contributed by atoms with Crippen molar-refractivity contribution in [3.63, 3.8) is 0 Å². The maximum absolute atomic E-state index is 13.1. The van der Waals surface area contributed by atoms with Gasteiger partial charge in [-0.25, -0.2) is 8.42 Å². The van der Waals surface area contributed by atoms with Crippen molar-refractivity contribution in [1.29, 1.82) is 0 Å². The molecule has 0 aromatic heterocycles. The Morgan fingerprint density at radius 2 is 1.92 bits per heavy atom. The van der Waals surface area contributed by atoms with Crippen molar-refractivity contribution < 1.29 is 17.9 Å². The van der Waals surface area contributed by atoms with Gasteiger partial charge >= 0.3 is 0 Å². The van der Waals surface area contributed by atoms with Gasteiger partial charge in [0.1, 0.15) is 5.75 Å². The number of ether oxygens (including phenoxy) is 1. The topological polar surface area (TPSA) is 75.7 Å². The van der Waals surface area contributed by atoms with E-state index >= 15 is 0 Å². The molecule has 25 heavy (non-hydrogen) atoms. The zero-order chi connectivity index (χ0) is 18.2. The highest BCUT2D eigenvalue weighted by Gasteiger charge is 2.35. The third-order valence-electron chi connectivity index (χ3n) is 4.99. The Morgan fingerprint density at radius 3 is 2.56 bits per heavy atom. The molecule has 2 fully saturated rings. The van der Waals surface area contributed by atoms with Gasteiger partial charge in [0.15, 0.2) is 0 Å². The summed E-state index contributed by atoms with van der Waals surface area (Å²) < 4.78 is 33.0. The van der Waals surface area contributed by atoms with Gasteiger partial charge < -0.3 is 10.1 Å². The Balaban J connectivity index is 1.81. The van der Waals surface area contributed by atoms with Crippen molar-refractivity contribution >= 4 is 15.9 Å². The minimum atomic E-state index is -3.62. The number of methoxy groups -OCH3 is 1. The molecule has 7 heteroatoms. The second kappa shape index (κ2) is 6.96. The lowest BCUT2D eigenvalue weighted by molar-refractivity contribution is -0.126. The number of sulfonamides is 1. The summed E-state index contributed by atoms with van der Waals surface area (Å²) >= 11 is 0. The molecule has 1 heterocycles. The van der Waals surface area contributed by atoms with Gasteiger partial charge in [0.25, 0.3) is 0 Å². The largest absolute Gasteiger partial charge is 0.496 e. The second-order valence-corrected chi connectivity index (χ2v) is 8.98. The Hall–Kier alpha value is -1.60. The summed E-state index contributed by atoms with van der Waals surface area (Å²) in [6.07, 6.45) is 3.51. The zero-order valence-electron chi connectivity index (χ0n) is 15.0. The normalized spacial score (nSPS) is 21.8. The molecule has 0 radical (unpaired) electrons. The predicted molar refractivity (Wildman–Crippen MR) is 95.1 cm³/mol. The lowest BCUT2D eigenvalue weighted by Gasteiger charge is -2.31. The molecule has 1 saturated heterocycles. The molecular weight excluding hydrogens is 340 g/mol. The van der Waals surface area contributed by atoms with E-state index in [-0.39, 0.29) is 18.4 Å². The third kappa shape index (κ3) is 3.82. The summed E-state index contributed by atoms with van der Waals surface area (Å²) in [4.78, 5) is 12.6. The van der Waals surface area contributed by atoms with Gasteiger partial charge in [0.05, 0.1) is 17.9 Å². The Kier molecular flexibility index (Phi) is 5.06. The van der Waals surface area contributed by atoms with Gasteiger partial charge in [-0.1, -0.05) is 0 Å². The fourth-order valence-electron chi connectivity index (χ4n) is 3.32. The average Bonchev–Trinajstić information content (AvgIpc) is 3.40. The van der Waals surface area contributed by atoms with E-state index in [2.05, 4.69) is 5.32 Å². The number of carbonyl (C=O) groups is 1. The minimum absolute atomic E-state index is 0.00923. The van der Waals surface area contributed by atoms with E-state index in [9.17, 15) is 13.2 Å². The monoisotopic (exact) mass is 366 g/mol. The standard InChI is InChI=1S/C18H26N2O4S/c1-12-10-17(13(2)9-16(12)24-3)25(22,23)20-8-4-5-14(11-20)18(21)19-15-6-7-15/h9-10,14-15H,4-8,11H2,1-3H3,(H,19,21)/t14-/m1/s1. The highest BCUT2D eigenvalue weighted by atomic mass is 32.2. The zero-order valence-corrected chi connectivity index (χ0v) is 15.9. The van der Waals surface area contributed by atoms with Gasteiger partial charge in [-0.3, -0.25) is 4.79 Å². The number of hydrogen-bond donors (Lipinski definition) is 1. The van der Waals surface area contributed by atoms with Crippen molar-refractivity contribution in [3.8, 4) is 5.75 Å². The molecular formula is C18H26N2O4S. The summed E-state index contributed by atoms with van der Waals surface area (Å²) in [5, 5.41) is 2.99. The van der Waals surface area contributed by atoms with E-state index in [1.165, 1.54) is 4.31 Å². The smallest absolute Gasteiger partial charge is 0.243 e. The first kappa shape index (κ1) is 18.2. The van der Waals surface area contributed by atoms with Gasteiger partial charge in [0, 0.05) is 19.1 Å². The molecule has 0 unspecified atom stereocenters. The molecule has 1 aromatic rings. The fourth-order valence-corrected chi connectivity index (χ4v) is 5.14. The Labute approximate surface area is 149 Å². The number of rotatable bonds is 5. The first-order valence-electron chi connectivity index (χ1n) is 8.78. The molecule has 1 aliphatic heterocycles. The van der Waals surface area contributed by atoms with E-state index < -0.39 is 10.0 Å². The quantitative estimate of drug-likeness (QED) is 0.865. The van der Waals surface area contributed by atoms with Crippen LogP contribution in [0.4, 0.5) is 0 Å². The number of hydrogen-bond acceptors (Lipinski definition) is 4. The molecule has 2 aliphatic rings. The van der Waals surface area contributed by atoms with Crippen LogP contribution < -0.4 is 10.1 Å². The molecule has 0 spiro atoms. The molecule has 1 amide bonds. The molecule has 1 saturated carbocycles. The predicted octanol–water partition coefficient (Wildman–Crippen LogP) is 1.99. The summed E-state index contributed by atoms with van der Waals surface area (Å²) in [5.41, 5.74) is 1.44. The van der Waals surface area contributed by atoms with Crippen LogP contribution in [0.3, 0.4) is 0 Å². The second-order valence-electron chi connectivity index (χ2n) is 7.07. The highest BCUT2D eigenvalue weighted by Crippen LogP contribution is 2.30. The highest BCUT2D eigenvalue weighted by molar-refractivity contribution is 7.89. The maximum Gasteiger partial charge on any atom is 0.243 e. The number of nitrogens with zero attached hydrogens (tertiary/aromatic N) is 1. The van der Waals surface area contributed by atoms with E-state index in [0.717, 1.165) is 24.8 Å². The van der Waals surface area contributed by atoms with Crippen LogP contribution in [-0.2, 0) is 14.8 Å². The van der Waals surface area contributed by atoms with Crippen molar-refractivity contribution in [2.45, 2.75) is 50.5 Å². The SMILES string of the molecule is COc1cc(C)c(S(=O)(=O)N2CCC[C@@H](C(=O)NC3CC3)C2)cc1C. The van der Waals surface area contributed by atoms with Gasteiger partial charge in [-0.15, -0.1) is 0 Å². The van der Waals surface area contributed by atoms with Crippen molar-refractivity contribution in [2.75, 3.05) is 20.2 Å². The van der Waals surface area contributed by atoms with E-state index in [4.69, 9.17) is 4.74 Å². The Bertz CT molecular complexity index is 772. The molecule has 1 aromatic carbocycles. The van der Waals surface area contributed by atoms with Crippen molar-refractivity contribution in [1.82, 2.24) is 9.62 Å². The van der Waals surface area contributed by atoms with E-state index in [1.54, 1.807) is 26.2 Å². The summed E-state index contributed by atoms with van der Waals surface area (Å²) in [6.45, 7) is 4.32. The lowest BCUT2D eigenvalue weighted by Crippen LogP contribution is -2.45. The number of carbonyl (C=O) groups excluding carboxylic acids is 1. The molecule has 1 atom stereocenters. The molecule has 1 N–H and O–H groups in total. The number of aryl methyl sites for hydroxylation is 2. The maximum atomic E-state index is 13.1. The molecule has 0 bridgehead atoms. The number of amides is 1. The molecule has 1 aliphatic carbocycles. The third-order valence-corrected chi connectivity index (χ3v) is 7.00. The summed E-state index contributed by atoms with van der Waals surface area (Å²) in [6, 6.07) is 3.71. The Morgan fingerprint density at radius 1 is 1.20 bits per heavy atom. The number of piperidine rings is 1. The average molecular weight is 366 g/mol.